The van der Waals surface area contributed by atoms with Crippen LogP contribution < -0.4 is 0 Å². The smallest absolute Gasteiger partial charge is 0.0405 e. The predicted octanol–water partition coefficient (Wildman–Crippen LogP) is 5.19. The van der Waals surface area contributed by atoms with Gasteiger partial charge in [-0.05, 0) is 52.8 Å². The van der Waals surface area contributed by atoms with Crippen LogP contribution in [0.15, 0.2) is 54.6 Å². The number of halogens is 2. The van der Waals surface area contributed by atoms with E-state index in [4.69, 9.17) is 11.6 Å². The van der Waals surface area contributed by atoms with Crippen molar-refractivity contribution in [3.8, 4) is 0 Å². The van der Waals surface area contributed by atoms with Gasteiger partial charge in [0.1, 0.15) is 0 Å². The van der Waals surface area contributed by atoms with Crippen molar-refractivity contribution in [1.82, 2.24) is 0 Å². The molecule has 0 bridgehead atoms. The molecule has 84 valence electrons. The molecule has 0 spiro atoms. The number of aryl methyl sites for hydroxylation is 1. The van der Waals surface area contributed by atoms with Gasteiger partial charge in [-0.2, -0.15) is 0 Å². The zero-order valence-electron chi connectivity index (χ0n) is 9.16. The minimum Gasteiger partial charge on any atom is -0.0843 e. The highest BCUT2D eigenvalue weighted by Gasteiger charge is 1.91. The molecule has 2 heteroatoms. The standard InChI is InChI=1S/C8H9I.C6H5Cl/c1-2-7-5-3-4-6-8(7)9;7-6-4-2-1-3-5-6/h3-6H,2H2,1H3;1-5H. The van der Waals surface area contributed by atoms with E-state index in [1.54, 1.807) is 0 Å². The van der Waals surface area contributed by atoms with Crippen molar-refractivity contribution in [3.63, 3.8) is 0 Å². The molecule has 0 aliphatic carbocycles. The molecule has 0 N–H and O–H groups in total. The van der Waals surface area contributed by atoms with Crippen LogP contribution >= 0.6 is 34.2 Å². The SMILES string of the molecule is CCc1ccccc1I.Clc1ccccc1. The molecular weight excluding hydrogens is 331 g/mol. The van der Waals surface area contributed by atoms with Gasteiger partial charge in [-0.25, -0.2) is 0 Å². The highest BCUT2D eigenvalue weighted by molar-refractivity contribution is 14.1. The Kier molecular flexibility index (Phi) is 6.50. The molecule has 0 aliphatic rings. The Hall–Kier alpha value is -0.540. The molecule has 0 aromatic heterocycles. The molecular formula is C14H14ClI. The Balaban J connectivity index is 0.000000165. The van der Waals surface area contributed by atoms with Gasteiger partial charge in [0, 0.05) is 8.59 Å². The molecule has 0 unspecified atom stereocenters. The third-order valence-electron chi connectivity index (χ3n) is 2.07. The first-order valence-corrected chi connectivity index (χ1v) is 6.63. The Labute approximate surface area is 116 Å². The number of rotatable bonds is 1. The molecule has 0 radical (unpaired) electrons. The number of hydrogen-bond acceptors (Lipinski definition) is 0. The molecule has 0 heterocycles. The van der Waals surface area contributed by atoms with Crippen LogP contribution in [0, 0.1) is 3.57 Å². The van der Waals surface area contributed by atoms with Gasteiger partial charge in [-0.3, -0.25) is 0 Å². The lowest BCUT2D eigenvalue weighted by molar-refractivity contribution is 1.13. The first-order valence-electron chi connectivity index (χ1n) is 5.18. The maximum Gasteiger partial charge on any atom is 0.0405 e. The number of hydrogen-bond donors (Lipinski definition) is 0. The average molecular weight is 345 g/mol. The maximum absolute atomic E-state index is 5.54. The number of benzene rings is 2. The topological polar surface area (TPSA) is 0 Å². The summed E-state index contributed by atoms with van der Waals surface area (Å²) in [6.07, 6.45) is 1.14. The van der Waals surface area contributed by atoms with Crippen molar-refractivity contribution >= 4 is 34.2 Å². The molecule has 2 rings (SSSR count). The van der Waals surface area contributed by atoms with E-state index in [-0.39, 0.29) is 0 Å². The van der Waals surface area contributed by atoms with E-state index in [1.807, 2.05) is 30.3 Å². The summed E-state index contributed by atoms with van der Waals surface area (Å²) >= 11 is 7.90. The van der Waals surface area contributed by atoms with E-state index >= 15 is 0 Å². The van der Waals surface area contributed by atoms with E-state index in [0.29, 0.717) is 0 Å². The van der Waals surface area contributed by atoms with Gasteiger partial charge in [-0.15, -0.1) is 0 Å². The Morgan fingerprint density at radius 2 is 1.50 bits per heavy atom. The summed E-state index contributed by atoms with van der Waals surface area (Å²) in [6.45, 7) is 2.18. The van der Waals surface area contributed by atoms with Gasteiger partial charge in [0.2, 0.25) is 0 Å². The zero-order chi connectivity index (χ0) is 11.8. The van der Waals surface area contributed by atoms with Crippen LogP contribution in [0.25, 0.3) is 0 Å². The van der Waals surface area contributed by atoms with Crippen molar-refractivity contribution in [1.29, 1.82) is 0 Å². The summed E-state index contributed by atoms with van der Waals surface area (Å²) in [5, 5.41) is 0.794. The minimum atomic E-state index is 0.794. The second-order valence-corrected chi connectivity index (χ2v) is 4.84. The van der Waals surface area contributed by atoms with E-state index in [0.717, 1.165) is 11.4 Å². The summed E-state index contributed by atoms with van der Waals surface area (Å²) < 4.78 is 1.37. The summed E-state index contributed by atoms with van der Waals surface area (Å²) in [4.78, 5) is 0. The van der Waals surface area contributed by atoms with Crippen molar-refractivity contribution in [2.45, 2.75) is 13.3 Å². The first kappa shape index (κ1) is 13.5. The van der Waals surface area contributed by atoms with Crippen molar-refractivity contribution in [3.05, 3.63) is 68.8 Å². The van der Waals surface area contributed by atoms with E-state index in [2.05, 4.69) is 53.8 Å². The molecule has 0 saturated carbocycles. The second kappa shape index (κ2) is 7.69. The highest BCUT2D eigenvalue weighted by Crippen LogP contribution is 2.10. The minimum absolute atomic E-state index is 0.794. The fraction of sp³-hybridized carbons (Fsp3) is 0.143. The van der Waals surface area contributed by atoms with E-state index in [1.165, 1.54) is 9.13 Å². The molecule has 0 fully saturated rings. The molecule has 2 aromatic carbocycles. The quantitative estimate of drug-likeness (QED) is 0.624. The summed E-state index contributed by atoms with van der Waals surface area (Å²) in [7, 11) is 0. The lowest BCUT2D eigenvalue weighted by Gasteiger charge is -1.96. The van der Waals surface area contributed by atoms with Crippen molar-refractivity contribution in [2.24, 2.45) is 0 Å². The van der Waals surface area contributed by atoms with Gasteiger partial charge < -0.3 is 0 Å². The summed E-state index contributed by atoms with van der Waals surface area (Å²) in [5.74, 6) is 0. The summed E-state index contributed by atoms with van der Waals surface area (Å²) in [6, 6.07) is 17.9. The van der Waals surface area contributed by atoms with Crippen molar-refractivity contribution in [2.75, 3.05) is 0 Å². The van der Waals surface area contributed by atoms with Crippen LogP contribution in [0.1, 0.15) is 12.5 Å². The predicted molar refractivity (Wildman–Crippen MR) is 80.0 cm³/mol. The molecule has 16 heavy (non-hydrogen) atoms. The fourth-order valence-electron chi connectivity index (χ4n) is 1.20. The Morgan fingerprint density at radius 3 is 1.88 bits per heavy atom. The normalized spacial score (nSPS) is 9.19. The van der Waals surface area contributed by atoms with Crippen LogP contribution in [-0.2, 0) is 6.42 Å². The lowest BCUT2D eigenvalue weighted by Crippen LogP contribution is -1.82. The third kappa shape index (κ3) is 4.99. The molecule has 0 saturated heterocycles. The highest BCUT2D eigenvalue weighted by atomic mass is 127. The van der Waals surface area contributed by atoms with Crippen molar-refractivity contribution < 1.29 is 0 Å². The molecule has 0 atom stereocenters. The molecule has 0 amide bonds. The van der Waals surface area contributed by atoms with Gasteiger partial charge in [0.05, 0.1) is 0 Å². The Morgan fingerprint density at radius 1 is 0.938 bits per heavy atom. The fourth-order valence-corrected chi connectivity index (χ4v) is 2.11. The van der Waals surface area contributed by atoms with Crippen LogP contribution in [-0.4, -0.2) is 0 Å². The largest absolute Gasteiger partial charge is 0.0843 e. The van der Waals surface area contributed by atoms with Gasteiger partial charge in [0.25, 0.3) is 0 Å². The Bertz CT molecular complexity index is 412. The first-order chi connectivity index (χ1) is 7.74. The average Bonchev–Trinajstić information content (AvgIpc) is 2.31. The van der Waals surface area contributed by atoms with E-state index in [9.17, 15) is 0 Å². The van der Waals surface area contributed by atoms with Crippen LogP contribution in [0.4, 0.5) is 0 Å². The molecule has 2 aromatic rings. The van der Waals surface area contributed by atoms with Gasteiger partial charge in [0.15, 0.2) is 0 Å². The maximum atomic E-state index is 5.54. The molecule has 0 nitrogen and oxygen atoms in total. The van der Waals surface area contributed by atoms with Gasteiger partial charge >= 0.3 is 0 Å². The molecule has 0 aliphatic heterocycles. The van der Waals surface area contributed by atoms with Crippen LogP contribution in [0.2, 0.25) is 5.02 Å². The third-order valence-corrected chi connectivity index (χ3v) is 3.38. The lowest BCUT2D eigenvalue weighted by atomic mass is 10.2. The monoisotopic (exact) mass is 344 g/mol. The zero-order valence-corrected chi connectivity index (χ0v) is 12.1. The van der Waals surface area contributed by atoms with E-state index < -0.39 is 0 Å². The van der Waals surface area contributed by atoms with Crippen LogP contribution in [0.3, 0.4) is 0 Å². The van der Waals surface area contributed by atoms with Crippen LogP contribution in [0.5, 0.6) is 0 Å². The second-order valence-electron chi connectivity index (χ2n) is 3.24. The van der Waals surface area contributed by atoms with Gasteiger partial charge in [-0.1, -0.05) is 54.9 Å². The summed E-state index contributed by atoms with van der Waals surface area (Å²) in [5.41, 5.74) is 1.44.